The Labute approximate surface area is 192 Å². The smallest absolute Gasteiger partial charge is 0.390 e. The predicted molar refractivity (Wildman–Crippen MR) is 147 cm³/mol. The van der Waals surface area contributed by atoms with E-state index in [4.69, 9.17) is 0 Å². The van der Waals surface area contributed by atoms with E-state index in [-0.39, 0.29) is 12.5 Å². The highest BCUT2D eigenvalue weighted by atomic mass is 18.2. The molecule has 2 aliphatic rings. The van der Waals surface area contributed by atoms with E-state index < -0.39 is 11.1 Å². The molecular formula is C13H30B10FN5O2. The Morgan fingerprint density at radius 3 is 2.39 bits per heavy atom. The molecule has 7 nitrogen and oxygen atoms in total. The number of hydrogen-bond donors (Lipinski definition) is 0. The molecule has 18 heteroatoms. The molecule has 156 valence electrons. The van der Waals surface area contributed by atoms with Crippen LogP contribution in [0.2, 0.25) is 12.1 Å². The average Bonchev–Trinajstić information content (AvgIpc) is 3.26. The molecule has 0 radical (unpaired) electrons. The summed E-state index contributed by atoms with van der Waals surface area (Å²) in [5.74, 6) is 0.522. The lowest BCUT2D eigenvalue weighted by Gasteiger charge is -2.35. The molecule has 0 N–H and O–H groups in total. The fourth-order valence-electron chi connectivity index (χ4n) is 5.54. The van der Waals surface area contributed by atoms with Crippen molar-refractivity contribution in [2.24, 2.45) is 0 Å². The van der Waals surface area contributed by atoms with Crippen LogP contribution in [0.15, 0.2) is 12.4 Å². The molecule has 0 aromatic carbocycles. The summed E-state index contributed by atoms with van der Waals surface area (Å²) in [5, 5.41) is 10.9. The van der Waals surface area contributed by atoms with Crippen molar-refractivity contribution >= 4 is 76.8 Å². The normalized spacial score (nSPS) is 20.3. The van der Waals surface area contributed by atoms with Crippen LogP contribution in [0, 0.1) is 10.1 Å². The molecule has 2 aliphatic heterocycles. The average molecular weight is 415 g/mol. The van der Waals surface area contributed by atoms with Gasteiger partial charge in [0.2, 0.25) is 0 Å². The summed E-state index contributed by atoms with van der Waals surface area (Å²) in [6.45, 7) is 6.01. The van der Waals surface area contributed by atoms with Crippen molar-refractivity contribution in [2.75, 3.05) is 39.3 Å². The topological polar surface area (TPSA) is 67.4 Å². The van der Waals surface area contributed by atoms with Gasteiger partial charge in [0.1, 0.15) is 25.1 Å². The first-order valence-corrected chi connectivity index (χ1v) is 11.9. The lowest BCUT2D eigenvalue weighted by atomic mass is 8.57. The number of nitrogens with zero attached hydrogens (tertiary/aromatic N) is 5. The van der Waals surface area contributed by atoms with E-state index in [1.54, 1.807) is 0 Å². The Bertz CT molecular complexity index is 739. The maximum absolute atomic E-state index is 14.5. The monoisotopic (exact) mass is 416 g/mol. The number of piperazine rings is 1. The first-order valence-electron chi connectivity index (χ1n) is 11.9. The minimum Gasteiger partial charge on any atom is -0.390 e. The van der Waals surface area contributed by atoms with Gasteiger partial charge in [-0.1, -0.05) is 17.1 Å². The molecule has 3 rings (SSSR count). The number of nitro groups is 1. The molecule has 1 aromatic heterocycles. The van der Waals surface area contributed by atoms with Crippen LogP contribution in [0.4, 0.5) is 10.3 Å². The van der Waals surface area contributed by atoms with Crippen molar-refractivity contribution in [1.29, 1.82) is 0 Å². The van der Waals surface area contributed by atoms with Crippen molar-refractivity contribution in [3.05, 3.63) is 22.5 Å². The van der Waals surface area contributed by atoms with Crippen molar-refractivity contribution in [3.8, 4) is 0 Å². The van der Waals surface area contributed by atoms with Crippen LogP contribution in [0.1, 0.15) is 0 Å². The van der Waals surface area contributed by atoms with E-state index in [2.05, 4.69) is 53.5 Å². The van der Waals surface area contributed by atoms with E-state index in [1.165, 1.54) is 29.8 Å². The van der Waals surface area contributed by atoms with E-state index in [9.17, 15) is 14.5 Å². The third kappa shape index (κ3) is 6.56. The number of rotatable bonds is 11. The van der Waals surface area contributed by atoms with Crippen molar-refractivity contribution in [3.63, 3.8) is 0 Å². The maximum atomic E-state index is 14.5. The van der Waals surface area contributed by atoms with Gasteiger partial charge in [-0.15, -0.1) is 0 Å². The molecule has 3 heterocycles. The van der Waals surface area contributed by atoms with Gasteiger partial charge in [0.05, 0.1) is 45.3 Å². The zero-order chi connectivity index (χ0) is 22.7. The molecule has 2 unspecified atom stereocenters. The molecular weight excluding hydrogens is 384 g/mol. The largest absolute Gasteiger partial charge is 0.434 e. The van der Waals surface area contributed by atoms with Crippen molar-refractivity contribution in [2.45, 2.75) is 24.9 Å². The fourth-order valence-corrected chi connectivity index (χ4v) is 5.54. The van der Waals surface area contributed by atoms with Crippen LogP contribution in [-0.4, -0.2) is 141 Å². The minimum atomic E-state index is -1.14. The second-order valence-electron chi connectivity index (χ2n) is 10.4. The quantitative estimate of drug-likeness (QED) is 0.205. The number of hydrogen-bond acceptors (Lipinski definition) is 5. The molecule has 0 spiro atoms. The van der Waals surface area contributed by atoms with Crippen molar-refractivity contribution in [1.82, 2.24) is 19.4 Å². The van der Waals surface area contributed by atoms with E-state index >= 15 is 0 Å². The Morgan fingerprint density at radius 1 is 1.16 bits per heavy atom. The van der Waals surface area contributed by atoms with E-state index in [1.807, 2.05) is 0 Å². The van der Waals surface area contributed by atoms with Gasteiger partial charge in [-0.25, -0.2) is 8.96 Å². The van der Waals surface area contributed by atoms with Crippen LogP contribution in [0.5, 0.6) is 0 Å². The fraction of sp³-hybridized carbons (Fsp3) is 0.769. The number of alkyl halides is 1. The summed E-state index contributed by atoms with van der Waals surface area (Å²) < 4.78 is 15.8. The molecule has 2 fully saturated rings. The first-order chi connectivity index (χ1) is 14.7. The molecule has 0 amide bonds. The zero-order valence-corrected chi connectivity index (χ0v) is 19.8. The molecule has 0 bridgehead atoms. The summed E-state index contributed by atoms with van der Waals surface area (Å²) in [6.07, 6.45) is 6.07. The summed E-state index contributed by atoms with van der Waals surface area (Å²) in [5.41, 5.74) is 0. The highest BCUT2D eigenvalue weighted by Crippen LogP contribution is 2.40. The Morgan fingerprint density at radius 2 is 1.81 bits per heavy atom. The summed E-state index contributed by atoms with van der Waals surface area (Å²) in [7, 11) is 11.9. The second kappa shape index (κ2) is 10.8. The Balaban J connectivity index is 1.40. The highest BCUT2D eigenvalue weighted by molar-refractivity contribution is 8.01. The molecule has 0 saturated carbocycles. The molecule has 31 heavy (non-hydrogen) atoms. The lowest BCUT2D eigenvalue weighted by molar-refractivity contribution is -0.396. The second-order valence-corrected chi connectivity index (χ2v) is 10.4. The maximum Gasteiger partial charge on any atom is 0.434 e. The van der Waals surface area contributed by atoms with Gasteiger partial charge in [0, 0.05) is 58.3 Å². The van der Waals surface area contributed by atoms with Crippen LogP contribution < -0.4 is 0 Å². The zero-order valence-electron chi connectivity index (χ0n) is 19.8. The van der Waals surface area contributed by atoms with Crippen LogP contribution >= 0.6 is 0 Å². The Kier molecular flexibility index (Phi) is 8.64. The summed E-state index contributed by atoms with van der Waals surface area (Å²) in [4.78, 5) is 18.8. The van der Waals surface area contributed by atoms with E-state index in [0.29, 0.717) is 6.54 Å². The third-order valence-electron chi connectivity index (χ3n) is 7.57. The number of imidazole rings is 1. The highest BCUT2D eigenvalue weighted by Gasteiger charge is 2.50. The molecule has 2 saturated heterocycles. The number of aromatic nitrogens is 2. The summed E-state index contributed by atoms with van der Waals surface area (Å²) >= 11 is 0. The standard InChI is InChI=1S/C13H30B10FN5O2/c14-20(15)22(18)23(21(16)17)19-7-11(19)8-26-3-5-27(6-4-26)9-12(24)10-28-2-1-25-13(28)29(30)31/h1-2,11-12H,3-10,14-18H2/i24-1. The molecule has 1 aromatic rings. The van der Waals surface area contributed by atoms with Crippen molar-refractivity contribution < 1.29 is 9.31 Å². The van der Waals surface area contributed by atoms with Gasteiger partial charge in [-0.2, -0.15) is 0 Å². The third-order valence-corrected chi connectivity index (χ3v) is 7.57. The van der Waals surface area contributed by atoms with Gasteiger partial charge >= 0.3 is 5.95 Å². The van der Waals surface area contributed by atoms with E-state index in [0.717, 1.165) is 64.1 Å². The first kappa shape index (κ1) is 24.7. The van der Waals surface area contributed by atoms with Gasteiger partial charge in [-0.3, -0.25) is 4.90 Å². The van der Waals surface area contributed by atoms with Crippen LogP contribution in [-0.2, 0) is 6.54 Å². The molecule has 2 atom stereocenters. The van der Waals surface area contributed by atoms with Gasteiger partial charge in [0.15, 0.2) is 0 Å². The van der Waals surface area contributed by atoms with Crippen LogP contribution in [0.3, 0.4) is 0 Å². The minimum absolute atomic E-state index is 0.0229. The summed E-state index contributed by atoms with van der Waals surface area (Å²) in [6, 6.07) is 0. The Hall–Kier alpha value is -0.891. The SMILES string of the molecule is BB(B)B(B)B(B(B)B)B1CC1CN1CCN(CC([18F])Cn2ccnc2[N+](=O)[O-])CC1. The molecule has 0 aliphatic carbocycles. The van der Waals surface area contributed by atoms with Gasteiger partial charge < -0.3 is 15.0 Å². The number of halogens is 1. The van der Waals surface area contributed by atoms with Crippen LogP contribution in [0.25, 0.3) is 0 Å². The van der Waals surface area contributed by atoms with Gasteiger partial charge in [0.25, 0.3) is 0 Å². The van der Waals surface area contributed by atoms with Gasteiger partial charge in [-0.05, 0) is 11.5 Å². The lowest BCUT2D eigenvalue weighted by Crippen LogP contribution is -2.63. The predicted octanol–water partition coefficient (Wildman–Crippen LogP) is -5.43.